The van der Waals surface area contributed by atoms with E-state index in [9.17, 15) is 9.18 Å². The molecule has 0 saturated heterocycles. The summed E-state index contributed by atoms with van der Waals surface area (Å²) in [5.41, 5.74) is 12.5. The highest BCUT2D eigenvalue weighted by Crippen LogP contribution is 2.14. The quantitative estimate of drug-likeness (QED) is 0.665. The Bertz CT molecular complexity index is 579. The van der Waals surface area contributed by atoms with E-state index in [0.717, 1.165) is 5.56 Å². The third-order valence-corrected chi connectivity index (χ3v) is 3.32. The minimum atomic E-state index is -0.713. The van der Waals surface area contributed by atoms with E-state index in [4.69, 9.17) is 11.5 Å². The van der Waals surface area contributed by atoms with Gasteiger partial charge in [-0.05, 0) is 56.2 Å². The van der Waals surface area contributed by atoms with Crippen molar-refractivity contribution in [3.8, 4) is 0 Å². The Labute approximate surface area is 136 Å². The number of nitrogens with two attached hydrogens (primary N) is 2. The van der Waals surface area contributed by atoms with Crippen LogP contribution in [0.15, 0.2) is 41.0 Å². The van der Waals surface area contributed by atoms with Gasteiger partial charge in [-0.25, -0.2) is 4.39 Å². The van der Waals surface area contributed by atoms with Crippen LogP contribution >= 0.6 is 0 Å². The maximum Gasteiger partial charge on any atom is 0.237 e. The van der Waals surface area contributed by atoms with Crippen LogP contribution in [-0.2, 0) is 11.2 Å². The summed E-state index contributed by atoms with van der Waals surface area (Å²) >= 11 is 0. The van der Waals surface area contributed by atoms with Crippen LogP contribution in [0.5, 0.6) is 0 Å². The molecule has 1 rings (SSSR count). The Morgan fingerprint density at radius 2 is 2.00 bits per heavy atom. The van der Waals surface area contributed by atoms with Crippen LogP contribution in [0.4, 0.5) is 4.39 Å². The van der Waals surface area contributed by atoms with Crippen molar-refractivity contribution in [3.63, 3.8) is 0 Å². The van der Waals surface area contributed by atoms with Gasteiger partial charge in [-0.1, -0.05) is 12.1 Å². The second-order valence-electron chi connectivity index (χ2n) is 6.12. The van der Waals surface area contributed by atoms with Gasteiger partial charge in [0.2, 0.25) is 5.91 Å². The topological polar surface area (TPSA) is 93.5 Å². The first-order valence-corrected chi connectivity index (χ1v) is 7.42. The highest BCUT2D eigenvalue weighted by Gasteiger charge is 2.24. The zero-order valence-electron chi connectivity index (χ0n) is 13.8. The molecule has 0 fully saturated rings. The van der Waals surface area contributed by atoms with Crippen LogP contribution in [0.25, 0.3) is 0 Å². The molecule has 0 heterocycles. The fourth-order valence-electron chi connectivity index (χ4n) is 2.26. The predicted octanol–water partition coefficient (Wildman–Crippen LogP) is 1.52. The van der Waals surface area contributed by atoms with Gasteiger partial charge in [0.25, 0.3) is 0 Å². The first-order chi connectivity index (χ1) is 10.8. The average Bonchev–Trinajstić information content (AvgIpc) is 2.48. The summed E-state index contributed by atoms with van der Waals surface area (Å²) in [6.45, 7) is 3.79. The monoisotopic (exact) mass is 320 g/mol. The average molecular weight is 320 g/mol. The smallest absolute Gasteiger partial charge is 0.237 e. The molecule has 1 unspecified atom stereocenters. The van der Waals surface area contributed by atoms with E-state index in [1.807, 2.05) is 13.8 Å². The molecule has 126 valence electrons. The van der Waals surface area contributed by atoms with Crippen molar-refractivity contribution in [3.05, 3.63) is 47.4 Å². The van der Waals surface area contributed by atoms with Crippen molar-refractivity contribution in [1.82, 2.24) is 5.32 Å². The molecule has 1 atom stereocenters. The molecule has 0 spiro atoms. The van der Waals surface area contributed by atoms with Gasteiger partial charge in [0.15, 0.2) is 0 Å². The van der Waals surface area contributed by atoms with Gasteiger partial charge in [0, 0.05) is 18.8 Å². The molecule has 6 heteroatoms. The molecule has 0 bridgehead atoms. The Morgan fingerprint density at radius 1 is 1.39 bits per heavy atom. The number of hydrogen-bond acceptors (Lipinski definition) is 4. The molecule has 0 aliphatic carbocycles. The molecule has 5 nitrogen and oxygen atoms in total. The van der Waals surface area contributed by atoms with Crippen molar-refractivity contribution < 1.29 is 9.18 Å². The Balaban J connectivity index is 2.64. The van der Waals surface area contributed by atoms with Crippen LogP contribution in [0.1, 0.15) is 25.8 Å². The molecule has 0 radical (unpaired) electrons. The highest BCUT2D eigenvalue weighted by molar-refractivity contribution is 5.85. The van der Waals surface area contributed by atoms with Gasteiger partial charge in [0.05, 0.1) is 6.04 Å². The van der Waals surface area contributed by atoms with E-state index in [-0.39, 0.29) is 11.7 Å². The lowest BCUT2D eigenvalue weighted by Crippen LogP contribution is -2.51. The summed E-state index contributed by atoms with van der Waals surface area (Å²) in [5, 5.41) is 2.92. The van der Waals surface area contributed by atoms with E-state index in [1.165, 1.54) is 18.3 Å². The van der Waals surface area contributed by atoms with Crippen LogP contribution in [-0.4, -0.2) is 30.8 Å². The maximum absolute atomic E-state index is 12.9. The van der Waals surface area contributed by atoms with Gasteiger partial charge in [0.1, 0.15) is 5.82 Å². The Hall–Kier alpha value is -2.21. The minimum Gasteiger partial charge on any atom is -0.404 e. The van der Waals surface area contributed by atoms with Crippen molar-refractivity contribution in [2.24, 2.45) is 16.5 Å². The number of amides is 1. The lowest BCUT2D eigenvalue weighted by atomic mass is 9.94. The van der Waals surface area contributed by atoms with Crippen molar-refractivity contribution in [2.45, 2.75) is 38.3 Å². The van der Waals surface area contributed by atoms with Crippen molar-refractivity contribution in [2.75, 3.05) is 7.05 Å². The molecule has 0 saturated carbocycles. The molecule has 5 N–H and O–H groups in total. The molecular formula is C17H25FN4O. The van der Waals surface area contributed by atoms with Crippen LogP contribution in [0, 0.1) is 5.82 Å². The molecule has 0 aliphatic heterocycles. The Morgan fingerprint density at radius 3 is 2.52 bits per heavy atom. The number of nitrogens with zero attached hydrogens (tertiary/aromatic N) is 1. The van der Waals surface area contributed by atoms with E-state index in [0.29, 0.717) is 18.4 Å². The summed E-state index contributed by atoms with van der Waals surface area (Å²) in [5.74, 6) is -0.544. The van der Waals surface area contributed by atoms with Crippen LogP contribution < -0.4 is 16.8 Å². The number of aliphatic imine (C=N–C) groups is 1. The predicted molar refractivity (Wildman–Crippen MR) is 91.6 cm³/mol. The second kappa shape index (κ2) is 8.43. The number of halogens is 1. The number of benzene rings is 1. The first kappa shape index (κ1) is 18.8. The first-order valence-electron chi connectivity index (χ1n) is 7.42. The van der Waals surface area contributed by atoms with E-state index < -0.39 is 11.6 Å². The summed E-state index contributed by atoms with van der Waals surface area (Å²) in [4.78, 5) is 16.1. The lowest BCUT2D eigenvalue weighted by molar-refractivity contribution is -0.123. The molecule has 1 aromatic rings. The Kier molecular flexibility index (Phi) is 6.90. The number of carbonyl (C=O) groups is 1. The fraction of sp³-hybridized carbons (Fsp3) is 0.412. The largest absolute Gasteiger partial charge is 0.404 e. The highest BCUT2D eigenvalue weighted by atomic mass is 19.1. The maximum atomic E-state index is 12.9. The lowest BCUT2D eigenvalue weighted by Gasteiger charge is -2.28. The molecule has 1 amide bonds. The second-order valence-corrected chi connectivity index (χ2v) is 6.12. The number of hydrogen-bond donors (Lipinski definition) is 3. The zero-order valence-corrected chi connectivity index (χ0v) is 13.8. The fourth-order valence-corrected chi connectivity index (χ4v) is 2.26. The molecule has 0 aliphatic rings. The van der Waals surface area contributed by atoms with Gasteiger partial charge in [-0.3, -0.25) is 9.79 Å². The van der Waals surface area contributed by atoms with Gasteiger partial charge >= 0.3 is 0 Å². The number of nitrogens with one attached hydrogen (secondary N) is 1. The molecule has 1 aromatic carbocycles. The SMILES string of the molecule is CN=C/C(=C\N)CC(N)C(=O)NC(C)(C)Cc1ccc(F)cc1. The van der Waals surface area contributed by atoms with Crippen LogP contribution in [0.3, 0.4) is 0 Å². The van der Waals surface area contributed by atoms with Crippen LogP contribution in [0.2, 0.25) is 0 Å². The molecular weight excluding hydrogens is 295 g/mol. The minimum absolute atomic E-state index is 0.263. The summed E-state index contributed by atoms with van der Waals surface area (Å²) < 4.78 is 12.9. The van der Waals surface area contributed by atoms with Crippen molar-refractivity contribution >= 4 is 12.1 Å². The third kappa shape index (κ3) is 6.61. The van der Waals surface area contributed by atoms with Gasteiger partial charge < -0.3 is 16.8 Å². The number of rotatable bonds is 7. The van der Waals surface area contributed by atoms with E-state index >= 15 is 0 Å². The summed E-state index contributed by atoms with van der Waals surface area (Å²) in [6.07, 6.45) is 3.86. The normalized spacial score (nSPS) is 14.0. The summed E-state index contributed by atoms with van der Waals surface area (Å²) in [7, 11) is 1.63. The third-order valence-electron chi connectivity index (χ3n) is 3.32. The summed E-state index contributed by atoms with van der Waals surface area (Å²) in [6, 6.07) is 5.50. The van der Waals surface area contributed by atoms with Gasteiger partial charge in [-0.2, -0.15) is 0 Å². The molecule has 23 heavy (non-hydrogen) atoms. The van der Waals surface area contributed by atoms with Gasteiger partial charge in [-0.15, -0.1) is 0 Å². The van der Waals surface area contributed by atoms with E-state index in [2.05, 4.69) is 10.3 Å². The standard InChI is InChI=1S/C17H25FN4O/c1-17(2,9-12-4-6-14(18)7-5-12)22-16(23)15(20)8-13(10-19)11-21-3/h4-7,10-11,15H,8-9,19-20H2,1-3H3,(H,22,23)/b13-10-,21-11?. The van der Waals surface area contributed by atoms with Crippen molar-refractivity contribution in [1.29, 1.82) is 0 Å². The molecule has 0 aromatic heterocycles. The zero-order chi connectivity index (χ0) is 17.5. The number of carbonyl (C=O) groups excluding carboxylic acids is 1. The van der Waals surface area contributed by atoms with E-state index in [1.54, 1.807) is 25.4 Å².